The van der Waals surface area contributed by atoms with Gasteiger partial charge in [-0.2, -0.15) is 0 Å². The zero-order valence-electron chi connectivity index (χ0n) is 11.7. The van der Waals surface area contributed by atoms with Gasteiger partial charge in [-0.05, 0) is 5.57 Å². The Hall–Kier alpha value is -1.98. The number of hydrogen-bond donors (Lipinski definition) is 3. The molecular formula is C12H16ClN3O6S. The molecule has 1 aromatic carbocycles. The van der Waals surface area contributed by atoms with Crippen LogP contribution in [0.1, 0.15) is 6.42 Å². The van der Waals surface area contributed by atoms with Crippen molar-refractivity contribution in [2.75, 3.05) is 6.54 Å². The number of phenolic OH excluding ortho intramolecular Hbond substituents is 2. The van der Waals surface area contributed by atoms with Crippen LogP contribution in [-0.4, -0.2) is 42.3 Å². The molecule has 0 fully saturated rings. The number of benzene rings is 1. The monoisotopic (exact) mass is 365 g/mol. The number of aromatic hydroxyl groups is 2. The molecule has 2 aliphatic heterocycles. The second kappa shape index (κ2) is 7.06. The molecule has 0 saturated heterocycles. The minimum atomic E-state index is -3.82. The maximum absolute atomic E-state index is 12.0. The van der Waals surface area contributed by atoms with Crippen LogP contribution >= 0.6 is 0 Å². The summed E-state index contributed by atoms with van der Waals surface area (Å²) in [6.07, 6.45) is 3.10. The van der Waals surface area contributed by atoms with Crippen molar-refractivity contribution in [2.45, 2.75) is 11.3 Å². The molecule has 2 aliphatic rings. The third-order valence-corrected chi connectivity index (χ3v) is 4.63. The van der Waals surface area contributed by atoms with Crippen LogP contribution in [0.3, 0.4) is 0 Å². The van der Waals surface area contributed by atoms with E-state index in [2.05, 4.69) is 15.7 Å². The first-order chi connectivity index (χ1) is 9.47. The second-order valence-electron chi connectivity index (χ2n) is 4.44. The zero-order valence-corrected chi connectivity index (χ0v) is 13.3. The first-order valence-corrected chi connectivity index (χ1v) is 7.46. The highest BCUT2D eigenvalue weighted by Gasteiger charge is 2.29. The van der Waals surface area contributed by atoms with Crippen LogP contribution in [-0.2, 0) is 9.84 Å². The summed E-state index contributed by atoms with van der Waals surface area (Å²) < 4.78 is 24.1. The molecule has 0 atom stereocenters. The molecule has 9 nitrogen and oxygen atoms in total. The third-order valence-electron chi connectivity index (χ3n) is 3.20. The molecule has 0 aliphatic carbocycles. The van der Waals surface area contributed by atoms with E-state index in [-0.39, 0.29) is 50.3 Å². The number of rotatable bonds is 2. The quantitative estimate of drug-likeness (QED) is 0.439. The molecule has 0 amide bonds. The first-order valence-electron chi connectivity index (χ1n) is 5.91. The smallest absolute Gasteiger partial charge is 0.207 e. The third kappa shape index (κ3) is 2.94. The van der Waals surface area contributed by atoms with E-state index in [0.717, 1.165) is 11.6 Å². The van der Waals surface area contributed by atoms with Gasteiger partial charge < -0.3 is 39.3 Å². The standard InChI is InChI=1S/C12H11N3O4S.ClH.2H2O/c13-2-1-6-5-15-8-7(6)10(16)12-9(11(8)17)14-3-4-20(12,18)19;;;/h3-5,16-17H,1-2,13H2;1H;2*1H2. The van der Waals surface area contributed by atoms with Crippen molar-refractivity contribution in [1.82, 2.24) is 0 Å². The van der Waals surface area contributed by atoms with Gasteiger partial charge in [0.25, 0.3) is 0 Å². The molecule has 3 rings (SSSR count). The fourth-order valence-electron chi connectivity index (χ4n) is 2.34. The minimum Gasteiger partial charge on any atom is -1.00 e. The highest BCUT2D eigenvalue weighted by Crippen LogP contribution is 2.31. The van der Waals surface area contributed by atoms with Gasteiger partial charge in [0.2, 0.25) is 9.84 Å². The van der Waals surface area contributed by atoms with Crippen molar-refractivity contribution < 1.29 is 47.7 Å². The van der Waals surface area contributed by atoms with Crippen LogP contribution in [0.2, 0.25) is 0 Å². The molecule has 0 spiro atoms. The van der Waals surface area contributed by atoms with E-state index in [4.69, 9.17) is 0 Å². The summed E-state index contributed by atoms with van der Waals surface area (Å²) in [5, 5.41) is 21.4. The molecule has 0 aromatic heterocycles. The lowest BCUT2D eigenvalue weighted by Gasteiger charge is -2.10. The maximum atomic E-state index is 12.0. The lowest BCUT2D eigenvalue weighted by Crippen LogP contribution is -3.00. The lowest BCUT2D eigenvalue weighted by atomic mass is 10.1. The average molecular weight is 366 g/mol. The van der Waals surface area contributed by atoms with E-state index in [0.29, 0.717) is 18.5 Å². The number of hydrogen-bond acceptors (Lipinski definition) is 6. The Morgan fingerprint density at radius 3 is 2.43 bits per heavy atom. The summed E-state index contributed by atoms with van der Waals surface area (Å²) >= 11 is 0. The topological polar surface area (TPSA) is 190 Å². The van der Waals surface area contributed by atoms with Crippen molar-refractivity contribution in [3.8, 4) is 11.5 Å². The Bertz CT molecular complexity index is 908. The van der Waals surface area contributed by atoms with E-state index in [9.17, 15) is 18.6 Å². The minimum absolute atomic E-state index is 0. The van der Waals surface area contributed by atoms with Crippen molar-refractivity contribution in [3.05, 3.63) is 22.2 Å². The summed E-state index contributed by atoms with van der Waals surface area (Å²) in [6, 6.07) is 0. The van der Waals surface area contributed by atoms with Gasteiger partial charge in [-0.25, -0.2) is 8.42 Å². The Morgan fingerprint density at radius 1 is 1.17 bits per heavy atom. The van der Waals surface area contributed by atoms with Gasteiger partial charge in [0.1, 0.15) is 21.7 Å². The average Bonchev–Trinajstić information content (AvgIpc) is 2.79. The predicted octanol–water partition coefficient (Wildman–Crippen LogP) is -6.17. The number of fused-ring (bicyclic) bond motifs is 2. The molecule has 1 aromatic rings. The van der Waals surface area contributed by atoms with Crippen LogP contribution in [0.5, 0.6) is 11.5 Å². The van der Waals surface area contributed by atoms with E-state index >= 15 is 0 Å². The summed E-state index contributed by atoms with van der Waals surface area (Å²) in [5.74, 6) is -0.752. The van der Waals surface area contributed by atoms with Gasteiger partial charge in [0.05, 0.1) is 17.2 Å². The van der Waals surface area contributed by atoms with E-state index < -0.39 is 15.6 Å². The highest BCUT2D eigenvalue weighted by molar-refractivity contribution is 7.94. The fourth-order valence-corrected chi connectivity index (χ4v) is 3.48. The van der Waals surface area contributed by atoms with Gasteiger partial charge in [0, 0.05) is 18.8 Å². The van der Waals surface area contributed by atoms with Gasteiger partial charge in [-0.15, -0.1) is 0 Å². The normalized spacial score (nSPS) is 15.4. The molecule has 23 heavy (non-hydrogen) atoms. The summed E-state index contributed by atoms with van der Waals surface area (Å²) in [4.78, 5) is 7.50. The molecule has 2 heterocycles. The van der Waals surface area contributed by atoms with Gasteiger partial charge in [-0.1, -0.05) is 0 Å². The van der Waals surface area contributed by atoms with E-state index in [1.165, 1.54) is 6.21 Å². The van der Waals surface area contributed by atoms with Crippen molar-refractivity contribution in [2.24, 2.45) is 9.98 Å². The summed E-state index contributed by atoms with van der Waals surface area (Å²) in [6.45, 7) is 0.565. The zero-order chi connectivity index (χ0) is 14.5. The number of nitrogens with zero attached hydrogens (tertiary/aromatic N) is 2. The Labute approximate surface area is 137 Å². The number of halogens is 1. The van der Waals surface area contributed by atoms with Crippen molar-refractivity contribution in [1.29, 1.82) is 0 Å². The number of sulfone groups is 1. The van der Waals surface area contributed by atoms with Crippen LogP contribution in [0, 0.1) is 0 Å². The van der Waals surface area contributed by atoms with Crippen molar-refractivity contribution in [3.63, 3.8) is 0 Å². The lowest BCUT2D eigenvalue weighted by molar-refractivity contribution is -0.365. The van der Waals surface area contributed by atoms with Crippen LogP contribution in [0.4, 0.5) is 5.69 Å². The molecule has 0 unspecified atom stereocenters. The Kier molecular flexibility index (Phi) is 6.46. The van der Waals surface area contributed by atoms with Gasteiger partial charge in [0.15, 0.2) is 5.75 Å². The number of aliphatic imine (C=N–C) groups is 1. The Morgan fingerprint density at radius 2 is 1.83 bits per heavy atom. The molecule has 0 radical (unpaired) electrons. The summed E-state index contributed by atoms with van der Waals surface area (Å²) in [7, 11) is -3.82. The molecule has 9 N–H and O–H groups in total. The number of phenols is 2. The number of quaternary nitrogens is 1. The van der Waals surface area contributed by atoms with Crippen LogP contribution < -0.4 is 28.7 Å². The molecule has 0 bridgehead atoms. The molecule has 128 valence electrons. The molecular weight excluding hydrogens is 350 g/mol. The van der Waals surface area contributed by atoms with E-state index in [1.54, 1.807) is 0 Å². The molecule has 0 saturated carbocycles. The SMILES string of the molecule is O.O.[Cl-].[NH3+]CCC1=c2c(O)c3c(c(O)c2N=C1)=NC=CS3(=O)=O. The second-order valence-corrected chi connectivity index (χ2v) is 6.22. The van der Waals surface area contributed by atoms with Gasteiger partial charge in [-0.3, -0.25) is 9.98 Å². The fraction of sp³-hybridized carbons (Fsp3) is 0.167. The van der Waals surface area contributed by atoms with E-state index in [1.807, 2.05) is 0 Å². The first kappa shape index (κ1) is 21.0. The molecule has 11 heteroatoms. The largest absolute Gasteiger partial charge is 1.00 e. The summed E-state index contributed by atoms with van der Waals surface area (Å²) in [5.41, 5.74) is 4.52. The van der Waals surface area contributed by atoms with Gasteiger partial charge >= 0.3 is 0 Å². The maximum Gasteiger partial charge on any atom is 0.207 e. The highest BCUT2D eigenvalue weighted by atomic mass is 35.5. The van der Waals surface area contributed by atoms with Crippen LogP contribution in [0.25, 0.3) is 5.57 Å². The van der Waals surface area contributed by atoms with Crippen LogP contribution in [0.15, 0.2) is 26.5 Å². The van der Waals surface area contributed by atoms with Crippen molar-refractivity contribution >= 4 is 27.3 Å². The predicted molar refractivity (Wildman–Crippen MR) is 78.0 cm³/mol. The Balaban J connectivity index is 0.00000161.